The molecule has 1 heterocycles. The lowest BCUT2D eigenvalue weighted by atomic mass is 10.3. The quantitative estimate of drug-likeness (QED) is 0.844. The molecule has 0 saturated heterocycles. The second-order valence-electron chi connectivity index (χ2n) is 4.34. The standard InChI is InChI=1S/C14H16FN3O2/c1-10(20-13-4-2-3-11(15)7-13)14(19)17-6-5-12-8-16-9-18-12/h2-4,7-10H,5-6H2,1H3,(H,16,18)(H,17,19). The summed E-state index contributed by atoms with van der Waals surface area (Å²) < 4.78 is 18.4. The van der Waals surface area contributed by atoms with Gasteiger partial charge in [0.1, 0.15) is 11.6 Å². The molecule has 1 atom stereocenters. The number of H-pyrrole nitrogens is 1. The van der Waals surface area contributed by atoms with Crippen LogP contribution < -0.4 is 10.1 Å². The number of amides is 1. The largest absolute Gasteiger partial charge is 0.481 e. The van der Waals surface area contributed by atoms with E-state index in [1.807, 2.05) is 0 Å². The number of carbonyl (C=O) groups excluding carboxylic acids is 1. The Bertz CT molecular complexity index is 557. The summed E-state index contributed by atoms with van der Waals surface area (Å²) in [6.45, 7) is 2.11. The zero-order valence-electron chi connectivity index (χ0n) is 11.1. The maximum atomic E-state index is 13.0. The van der Waals surface area contributed by atoms with Gasteiger partial charge in [-0.2, -0.15) is 0 Å². The Labute approximate surface area is 116 Å². The van der Waals surface area contributed by atoms with Crippen LogP contribution in [0.2, 0.25) is 0 Å². The van der Waals surface area contributed by atoms with E-state index in [9.17, 15) is 9.18 Å². The van der Waals surface area contributed by atoms with Gasteiger partial charge in [0, 0.05) is 30.9 Å². The molecule has 6 heteroatoms. The molecule has 1 aromatic carbocycles. The predicted molar refractivity (Wildman–Crippen MR) is 71.8 cm³/mol. The molecule has 0 aliphatic heterocycles. The van der Waals surface area contributed by atoms with E-state index in [4.69, 9.17) is 4.74 Å². The minimum Gasteiger partial charge on any atom is -0.481 e. The van der Waals surface area contributed by atoms with Crippen LogP contribution in [0.3, 0.4) is 0 Å². The molecular formula is C14H16FN3O2. The normalized spacial score (nSPS) is 11.9. The lowest BCUT2D eigenvalue weighted by Crippen LogP contribution is -2.37. The third-order valence-corrected chi connectivity index (χ3v) is 2.73. The number of rotatable bonds is 6. The molecule has 0 bridgehead atoms. The van der Waals surface area contributed by atoms with E-state index in [-0.39, 0.29) is 5.91 Å². The number of aromatic amines is 1. The highest BCUT2D eigenvalue weighted by Crippen LogP contribution is 2.13. The van der Waals surface area contributed by atoms with Gasteiger partial charge in [0.25, 0.3) is 5.91 Å². The lowest BCUT2D eigenvalue weighted by Gasteiger charge is -2.14. The van der Waals surface area contributed by atoms with Gasteiger partial charge >= 0.3 is 0 Å². The SMILES string of the molecule is CC(Oc1cccc(F)c1)C(=O)NCCc1cnc[nH]1. The van der Waals surface area contributed by atoms with E-state index in [0.29, 0.717) is 18.7 Å². The van der Waals surface area contributed by atoms with Gasteiger partial charge in [-0.15, -0.1) is 0 Å². The van der Waals surface area contributed by atoms with Crippen molar-refractivity contribution in [2.45, 2.75) is 19.4 Å². The third-order valence-electron chi connectivity index (χ3n) is 2.73. The van der Waals surface area contributed by atoms with Gasteiger partial charge < -0.3 is 15.0 Å². The Morgan fingerprint density at radius 1 is 1.55 bits per heavy atom. The van der Waals surface area contributed by atoms with Gasteiger partial charge in [0.2, 0.25) is 0 Å². The number of hydrogen-bond acceptors (Lipinski definition) is 3. The number of benzene rings is 1. The molecule has 1 unspecified atom stereocenters. The van der Waals surface area contributed by atoms with Crippen LogP contribution in [0, 0.1) is 5.82 Å². The van der Waals surface area contributed by atoms with Crippen molar-refractivity contribution in [3.63, 3.8) is 0 Å². The van der Waals surface area contributed by atoms with Crippen molar-refractivity contribution >= 4 is 5.91 Å². The summed E-state index contributed by atoms with van der Waals surface area (Å²) in [5, 5.41) is 2.75. The van der Waals surface area contributed by atoms with Crippen LogP contribution in [0.5, 0.6) is 5.75 Å². The lowest BCUT2D eigenvalue weighted by molar-refractivity contribution is -0.127. The Balaban J connectivity index is 1.77. The summed E-state index contributed by atoms with van der Waals surface area (Å²) in [7, 11) is 0. The number of nitrogens with zero attached hydrogens (tertiary/aromatic N) is 1. The fourth-order valence-corrected chi connectivity index (χ4v) is 1.68. The third kappa shape index (κ3) is 4.08. The summed E-state index contributed by atoms with van der Waals surface area (Å²) in [5.74, 6) is -0.302. The second-order valence-corrected chi connectivity index (χ2v) is 4.34. The first kappa shape index (κ1) is 14.0. The van der Waals surface area contributed by atoms with Crippen molar-refractivity contribution in [1.82, 2.24) is 15.3 Å². The van der Waals surface area contributed by atoms with Gasteiger partial charge in [-0.1, -0.05) is 6.07 Å². The number of nitrogens with one attached hydrogen (secondary N) is 2. The molecule has 0 fully saturated rings. The number of imidazole rings is 1. The van der Waals surface area contributed by atoms with Crippen molar-refractivity contribution in [1.29, 1.82) is 0 Å². The van der Waals surface area contributed by atoms with E-state index < -0.39 is 11.9 Å². The summed E-state index contributed by atoms with van der Waals surface area (Å²) in [5.41, 5.74) is 0.948. The van der Waals surface area contributed by atoms with Crippen LogP contribution in [0.15, 0.2) is 36.8 Å². The number of hydrogen-bond donors (Lipinski definition) is 2. The average Bonchev–Trinajstić information content (AvgIpc) is 2.91. The molecule has 5 nitrogen and oxygen atoms in total. The molecule has 106 valence electrons. The van der Waals surface area contributed by atoms with Crippen molar-refractivity contribution in [3.8, 4) is 5.75 Å². The van der Waals surface area contributed by atoms with E-state index >= 15 is 0 Å². The van der Waals surface area contributed by atoms with Gasteiger partial charge in [0.05, 0.1) is 6.33 Å². The molecule has 2 N–H and O–H groups in total. The summed E-state index contributed by atoms with van der Waals surface area (Å²) in [6.07, 6.45) is 3.28. The molecular weight excluding hydrogens is 261 g/mol. The first-order chi connectivity index (χ1) is 9.65. The van der Waals surface area contributed by atoms with Gasteiger partial charge in [-0.3, -0.25) is 4.79 Å². The van der Waals surface area contributed by atoms with Crippen molar-refractivity contribution < 1.29 is 13.9 Å². The molecule has 0 saturated carbocycles. The highest BCUT2D eigenvalue weighted by atomic mass is 19.1. The van der Waals surface area contributed by atoms with Crippen LogP contribution in [0.4, 0.5) is 4.39 Å². The highest BCUT2D eigenvalue weighted by molar-refractivity contribution is 5.80. The van der Waals surface area contributed by atoms with Gasteiger partial charge in [0.15, 0.2) is 6.10 Å². The molecule has 0 spiro atoms. The Kier molecular flexibility index (Phi) is 4.70. The molecule has 0 radical (unpaired) electrons. The number of aromatic nitrogens is 2. The highest BCUT2D eigenvalue weighted by Gasteiger charge is 2.14. The van der Waals surface area contributed by atoms with Gasteiger partial charge in [-0.25, -0.2) is 9.37 Å². The Hall–Kier alpha value is -2.37. The predicted octanol–water partition coefficient (Wildman–Crippen LogP) is 1.67. The van der Waals surface area contributed by atoms with E-state index in [1.165, 1.54) is 18.2 Å². The molecule has 20 heavy (non-hydrogen) atoms. The number of halogens is 1. The fraction of sp³-hybridized carbons (Fsp3) is 0.286. The number of ether oxygens (including phenoxy) is 1. The molecule has 2 aromatic rings. The van der Waals surface area contributed by atoms with Crippen LogP contribution in [-0.4, -0.2) is 28.5 Å². The smallest absolute Gasteiger partial charge is 0.260 e. The Morgan fingerprint density at radius 3 is 3.10 bits per heavy atom. The molecule has 2 rings (SSSR count). The number of carbonyl (C=O) groups is 1. The van der Waals surface area contributed by atoms with Crippen molar-refractivity contribution in [3.05, 3.63) is 48.3 Å². The van der Waals surface area contributed by atoms with E-state index in [1.54, 1.807) is 25.5 Å². The van der Waals surface area contributed by atoms with Crippen molar-refractivity contribution in [2.75, 3.05) is 6.54 Å². The summed E-state index contributed by atoms with van der Waals surface area (Å²) in [6, 6.07) is 5.71. The molecule has 1 amide bonds. The van der Waals surface area contributed by atoms with Crippen LogP contribution in [-0.2, 0) is 11.2 Å². The monoisotopic (exact) mass is 277 g/mol. The topological polar surface area (TPSA) is 67.0 Å². The summed E-state index contributed by atoms with van der Waals surface area (Å²) >= 11 is 0. The zero-order valence-corrected chi connectivity index (χ0v) is 11.1. The van der Waals surface area contributed by atoms with Crippen LogP contribution in [0.25, 0.3) is 0 Å². The molecule has 0 aliphatic carbocycles. The first-order valence-electron chi connectivity index (χ1n) is 6.32. The minimum absolute atomic E-state index is 0.242. The van der Waals surface area contributed by atoms with Crippen molar-refractivity contribution in [2.24, 2.45) is 0 Å². The van der Waals surface area contributed by atoms with Crippen LogP contribution in [0.1, 0.15) is 12.6 Å². The maximum Gasteiger partial charge on any atom is 0.260 e. The maximum absolute atomic E-state index is 13.0. The summed E-state index contributed by atoms with van der Waals surface area (Å²) in [4.78, 5) is 18.6. The van der Waals surface area contributed by atoms with Crippen LogP contribution >= 0.6 is 0 Å². The second kappa shape index (κ2) is 6.70. The van der Waals surface area contributed by atoms with E-state index in [2.05, 4.69) is 15.3 Å². The average molecular weight is 277 g/mol. The molecule has 0 aliphatic rings. The zero-order chi connectivity index (χ0) is 14.4. The van der Waals surface area contributed by atoms with Gasteiger partial charge in [-0.05, 0) is 19.1 Å². The first-order valence-corrected chi connectivity index (χ1v) is 6.32. The Morgan fingerprint density at radius 2 is 2.40 bits per heavy atom. The minimum atomic E-state index is -0.682. The van der Waals surface area contributed by atoms with E-state index in [0.717, 1.165) is 5.69 Å². The molecule has 1 aromatic heterocycles. The fourth-order valence-electron chi connectivity index (χ4n) is 1.68.